The highest BCUT2D eigenvalue weighted by atomic mass is 35.5. The van der Waals surface area contributed by atoms with Crippen molar-refractivity contribution in [1.29, 1.82) is 4.78 Å². The Morgan fingerprint density at radius 3 is 1.30 bits per heavy atom. The van der Waals surface area contributed by atoms with Crippen LogP contribution in [0, 0.1) is 4.78 Å². The Morgan fingerprint density at radius 1 is 1.10 bits per heavy atom. The van der Waals surface area contributed by atoms with Gasteiger partial charge in [-0.05, 0) is 0 Å². The minimum absolute atomic E-state index is 0. The van der Waals surface area contributed by atoms with Gasteiger partial charge in [0.2, 0.25) is 0 Å². The van der Waals surface area contributed by atoms with Crippen molar-refractivity contribution < 1.29 is 4.21 Å². The van der Waals surface area contributed by atoms with Gasteiger partial charge in [0.15, 0.2) is 0 Å². The van der Waals surface area contributed by atoms with E-state index in [9.17, 15) is 4.21 Å². The molecule has 0 bridgehead atoms. The molecule has 0 atom stereocenters. The largest absolute Gasteiger partial charge is 0.252 e. The summed E-state index contributed by atoms with van der Waals surface area (Å²) < 4.78 is 18.6. The summed E-state index contributed by atoms with van der Waals surface area (Å²) in [4.78, 5) is 0. The second kappa shape index (κ2) is 4.19. The molecule has 0 unspecified atom stereocenters. The van der Waals surface area contributed by atoms with E-state index in [4.69, 9.17) is 4.78 Å². The Hall–Kier alpha value is 0.240. The SMILES string of the molecule is CC(C)S(=N)(=O)C(C)C.Cl. The van der Waals surface area contributed by atoms with E-state index in [-0.39, 0.29) is 22.9 Å². The van der Waals surface area contributed by atoms with Crippen LogP contribution in [0.5, 0.6) is 0 Å². The maximum atomic E-state index is 11.3. The first-order valence-corrected chi connectivity index (χ1v) is 4.84. The van der Waals surface area contributed by atoms with Gasteiger partial charge in [-0.15, -0.1) is 12.4 Å². The summed E-state index contributed by atoms with van der Waals surface area (Å²) in [5.74, 6) is 0. The average Bonchev–Trinajstić information content (AvgIpc) is 1.65. The lowest BCUT2D eigenvalue weighted by atomic mass is 10.5. The van der Waals surface area contributed by atoms with Crippen molar-refractivity contribution in [3.05, 3.63) is 0 Å². The first-order valence-electron chi connectivity index (χ1n) is 3.15. The highest BCUT2D eigenvalue weighted by Crippen LogP contribution is 2.08. The monoisotopic (exact) mass is 185 g/mol. The van der Waals surface area contributed by atoms with E-state index in [0.717, 1.165) is 0 Å². The maximum absolute atomic E-state index is 11.3. The third-order valence-electron chi connectivity index (χ3n) is 1.40. The van der Waals surface area contributed by atoms with Crippen molar-refractivity contribution in [2.75, 3.05) is 0 Å². The van der Waals surface area contributed by atoms with Gasteiger partial charge < -0.3 is 0 Å². The molecular formula is C6H16ClNOS. The lowest BCUT2D eigenvalue weighted by Crippen LogP contribution is -2.21. The molecule has 4 heteroatoms. The van der Waals surface area contributed by atoms with Crippen LogP contribution in [0.15, 0.2) is 0 Å². The number of rotatable bonds is 2. The smallest absolute Gasteiger partial charge is 0.0488 e. The maximum Gasteiger partial charge on any atom is 0.0488 e. The molecule has 10 heavy (non-hydrogen) atoms. The number of halogens is 1. The fraction of sp³-hybridized carbons (Fsp3) is 1.00. The molecule has 0 saturated heterocycles. The van der Waals surface area contributed by atoms with Gasteiger partial charge in [0.05, 0.1) is 0 Å². The molecule has 0 aliphatic heterocycles. The van der Waals surface area contributed by atoms with Crippen LogP contribution in [0.25, 0.3) is 0 Å². The summed E-state index contributed by atoms with van der Waals surface area (Å²) in [7, 11) is -2.31. The molecule has 0 saturated carbocycles. The molecule has 1 N–H and O–H groups in total. The van der Waals surface area contributed by atoms with Crippen molar-refractivity contribution in [3.63, 3.8) is 0 Å². The Kier molecular flexibility index (Phi) is 5.39. The van der Waals surface area contributed by atoms with Crippen molar-refractivity contribution >= 4 is 22.1 Å². The number of nitrogens with one attached hydrogen (secondary N) is 1. The molecule has 0 rings (SSSR count). The van der Waals surface area contributed by atoms with Gasteiger partial charge in [-0.1, -0.05) is 27.7 Å². The lowest BCUT2D eigenvalue weighted by Gasteiger charge is -2.13. The topological polar surface area (TPSA) is 40.9 Å². The van der Waals surface area contributed by atoms with E-state index in [1.807, 2.05) is 27.7 Å². The highest BCUT2D eigenvalue weighted by molar-refractivity contribution is 7.93. The fourth-order valence-corrected chi connectivity index (χ4v) is 1.63. The van der Waals surface area contributed by atoms with Gasteiger partial charge in [0.25, 0.3) is 0 Å². The zero-order valence-corrected chi connectivity index (χ0v) is 8.51. The van der Waals surface area contributed by atoms with E-state index < -0.39 is 9.73 Å². The molecule has 0 aromatic rings. The summed E-state index contributed by atoms with van der Waals surface area (Å²) in [6.07, 6.45) is 0. The normalized spacial score (nSPS) is 11.8. The highest BCUT2D eigenvalue weighted by Gasteiger charge is 2.15. The summed E-state index contributed by atoms with van der Waals surface area (Å²) in [6, 6.07) is 0. The van der Waals surface area contributed by atoms with E-state index in [1.165, 1.54) is 0 Å². The van der Waals surface area contributed by atoms with Crippen LogP contribution in [-0.2, 0) is 9.73 Å². The Bertz CT molecular complexity index is 158. The van der Waals surface area contributed by atoms with Gasteiger partial charge in [0.1, 0.15) is 0 Å². The van der Waals surface area contributed by atoms with E-state index in [0.29, 0.717) is 0 Å². The van der Waals surface area contributed by atoms with Crippen molar-refractivity contribution in [1.82, 2.24) is 0 Å². The second-order valence-electron chi connectivity index (χ2n) is 2.75. The standard InChI is InChI=1S/C6H15NOS.ClH/c1-5(2)9(7,8)6(3)4;/h5-7H,1-4H3;1H. The molecule has 64 valence electrons. The van der Waals surface area contributed by atoms with Crippen LogP contribution < -0.4 is 0 Å². The van der Waals surface area contributed by atoms with Crippen LogP contribution >= 0.6 is 12.4 Å². The van der Waals surface area contributed by atoms with Gasteiger partial charge in [-0.3, -0.25) is 4.78 Å². The molecule has 0 amide bonds. The van der Waals surface area contributed by atoms with Crippen LogP contribution in [0.2, 0.25) is 0 Å². The zero-order chi connectivity index (χ0) is 7.65. The Labute approximate surface area is 69.8 Å². The number of hydrogen-bond acceptors (Lipinski definition) is 2. The van der Waals surface area contributed by atoms with Gasteiger partial charge in [0, 0.05) is 20.2 Å². The summed E-state index contributed by atoms with van der Waals surface area (Å²) in [5, 5.41) is -0.0324. The predicted octanol–water partition coefficient (Wildman–Crippen LogP) is 2.27. The molecule has 0 aliphatic carbocycles. The van der Waals surface area contributed by atoms with E-state index in [2.05, 4.69) is 0 Å². The molecule has 2 nitrogen and oxygen atoms in total. The van der Waals surface area contributed by atoms with E-state index >= 15 is 0 Å². The van der Waals surface area contributed by atoms with Crippen LogP contribution in [0.3, 0.4) is 0 Å². The molecule has 0 radical (unpaired) electrons. The van der Waals surface area contributed by atoms with Crippen LogP contribution in [0.4, 0.5) is 0 Å². The predicted molar refractivity (Wildman–Crippen MR) is 48.4 cm³/mol. The lowest BCUT2D eigenvalue weighted by molar-refractivity contribution is 0.659. The molecule has 0 aromatic heterocycles. The van der Waals surface area contributed by atoms with Gasteiger partial charge in [-0.25, -0.2) is 4.21 Å². The molecule has 0 aliphatic rings. The number of hydrogen-bond donors (Lipinski definition) is 1. The van der Waals surface area contributed by atoms with Gasteiger partial charge >= 0.3 is 0 Å². The third-order valence-corrected chi connectivity index (χ3v) is 4.20. The summed E-state index contributed by atoms with van der Waals surface area (Å²) in [5.41, 5.74) is 0. The summed E-state index contributed by atoms with van der Waals surface area (Å²) in [6.45, 7) is 7.31. The van der Waals surface area contributed by atoms with Crippen molar-refractivity contribution in [3.8, 4) is 0 Å². The minimum atomic E-state index is -2.31. The zero-order valence-electron chi connectivity index (χ0n) is 6.88. The molecule has 0 fully saturated rings. The average molecular weight is 186 g/mol. The van der Waals surface area contributed by atoms with Crippen LogP contribution in [-0.4, -0.2) is 14.7 Å². The molecule has 0 aromatic carbocycles. The Morgan fingerprint density at radius 2 is 1.30 bits per heavy atom. The van der Waals surface area contributed by atoms with Gasteiger partial charge in [-0.2, -0.15) is 0 Å². The molecular weight excluding hydrogens is 170 g/mol. The van der Waals surface area contributed by atoms with Crippen LogP contribution in [0.1, 0.15) is 27.7 Å². The minimum Gasteiger partial charge on any atom is -0.252 e. The fourth-order valence-electron chi connectivity index (χ4n) is 0.544. The first kappa shape index (κ1) is 12.9. The molecule has 0 heterocycles. The molecule has 0 spiro atoms. The Balaban J connectivity index is 0. The second-order valence-corrected chi connectivity index (χ2v) is 5.93. The van der Waals surface area contributed by atoms with Crippen molar-refractivity contribution in [2.45, 2.75) is 38.2 Å². The quantitative estimate of drug-likeness (QED) is 0.705. The van der Waals surface area contributed by atoms with Crippen molar-refractivity contribution in [2.24, 2.45) is 0 Å². The third kappa shape index (κ3) is 2.88. The van der Waals surface area contributed by atoms with E-state index in [1.54, 1.807) is 0 Å². The first-order chi connectivity index (χ1) is 3.89. The summed E-state index contributed by atoms with van der Waals surface area (Å²) >= 11 is 0.